The molecule has 1 spiro atoms. The molecular weight excluding hydrogens is 773 g/mol. The van der Waals surface area contributed by atoms with Crippen LogP contribution in [0.1, 0.15) is 22.3 Å². The lowest BCUT2D eigenvalue weighted by atomic mass is 9.65. The van der Waals surface area contributed by atoms with Crippen molar-refractivity contribution in [3.8, 4) is 78.7 Å². The van der Waals surface area contributed by atoms with E-state index in [2.05, 4.69) is 175 Å². The number of thiophene rings is 1. The topological polar surface area (TPSA) is 51.6 Å². The Hall–Kier alpha value is -7.86. The Morgan fingerprint density at radius 3 is 1.56 bits per heavy atom. The number of hydrogen-bond donors (Lipinski definition) is 0. The SMILES string of the molecule is c1ccc(-c2nc(-c3ccc(-c4cccnc4)cc3)nc(-c3ccc4c(c3)C3(c5ccccc5-c5ccccc5-4)c4ccccc4-c4cc5sc6ccccc6c5cc43)n2)cc1. The quantitative estimate of drug-likeness (QED) is 0.178. The zero-order chi connectivity index (χ0) is 40.8. The van der Waals surface area contributed by atoms with Gasteiger partial charge in [0.1, 0.15) is 0 Å². The van der Waals surface area contributed by atoms with Gasteiger partial charge in [0.25, 0.3) is 0 Å². The second-order valence-electron chi connectivity index (χ2n) is 16.1. The minimum absolute atomic E-state index is 0.621. The van der Waals surface area contributed by atoms with Crippen LogP contribution in [0.2, 0.25) is 0 Å². The highest BCUT2D eigenvalue weighted by molar-refractivity contribution is 7.25. The van der Waals surface area contributed by atoms with Crippen LogP contribution in [0.25, 0.3) is 98.8 Å². The molecule has 0 amide bonds. The van der Waals surface area contributed by atoms with Gasteiger partial charge in [-0.2, -0.15) is 0 Å². The van der Waals surface area contributed by atoms with E-state index < -0.39 is 5.41 Å². The highest BCUT2D eigenvalue weighted by atomic mass is 32.1. The molecule has 288 valence electrons. The predicted molar refractivity (Wildman–Crippen MR) is 254 cm³/mol. The highest BCUT2D eigenvalue weighted by Gasteiger charge is 2.50. The summed E-state index contributed by atoms with van der Waals surface area (Å²) < 4.78 is 2.60. The average molecular weight is 807 g/mol. The first-order valence-corrected chi connectivity index (χ1v) is 21.8. The van der Waals surface area contributed by atoms with Crippen LogP contribution in [0.3, 0.4) is 0 Å². The lowest BCUT2D eigenvalue weighted by Crippen LogP contribution is -2.29. The van der Waals surface area contributed by atoms with E-state index in [0.29, 0.717) is 17.5 Å². The van der Waals surface area contributed by atoms with Crippen molar-refractivity contribution >= 4 is 31.5 Å². The van der Waals surface area contributed by atoms with Crippen molar-refractivity contribution in [1.82, 2.24) is 19.9 Å². The van der Waals surface area contributed by atoms with Crippen molar-refractivity contribution in [2.75, 3.05) is 0 Å². The Morgan fingerprint density at radius 1 is 0.323 bits per heavy atom. The van der Waals surface area contributed by atoms with Crippen molar-refractivity contribution in [1.29, 1.82) is 0 Å². The van der Waals surface area contributed by atoms with E-state index in [0.717, 1.165) is 27.8 Å². The van der Waals surface area contributed by atoms with Crippen LogP contribution in [0, 0.1) is 0 Å². The Labute approximate surface area is 362 Å². The molecular formula is C57H34N4S. The van der Waals surface area contributed by atoms with Gasteiger partial charge in [0, 0.05) is 49.3 Å². The molecule has 11 aromatic rings. The zero-order valence-electron chi connectivity index (χ0n) is 33.3. The minimum Gasteiger partial charge on any atom is -0.264 e. The van der Waals surface area contributed by atoms with Crippen LogP contribution in [0.5, 0.6) is 0 Å². The standard InChI is InChI=1S/C57H34N4S/c1-2-13-36(14-3-1)54-59-55(37-26-24-35(25-27-37)39-15-12-30-58-34-39)61-56(60-54)38-28-29-44-41-17-5-4-16-40(41)42-18-6-9-21-48(42)57(50(44)31-38)49-22-10-7-19-43(49)46-33-53-47(32-51(46)57)45-20-8-11-23-52(45)62-53/h1-34H. The molecule has 5 heteroatoms. The third-order valence-corrected chi connectivity index (χ3v) is 14.0. The number of nitrogens with zero attached hydrogens (tertiary/aromatic N) is 4. The molecule has 3 aromatic heterocycles. The van der Waals surface area contributed by atoms with Crippen molar-refractivity contribution in [3.05, 3.63) is 229 Å². The van der Waals surface area contributed by atoms with Crippen LogP contribution < -0.4 is 0 Å². The van der Waals surface area contributed by atoms with E-state index in [1.807, 2.05) is 41.8 Å². The van der Waals surface area contributed by atoms with Crippen molar-refractivity contribution in [3.63, 3.8) is 0 Å². The smallest absolute Gasteiger partial charge is 0.164 e. The Bertz CT molecular complexity index is 3580. The van der Waals surface area contributed by atoms with Gasteiger partial charge in [-0.05, 0) is 97.1 Å². The van der Waals surface area contributed by atoms with E-state index >= 15 is 0 Å². The molecule has 0 saturated heterocycles. The molecule has 4 nitrogen and oxygen atoms in total. The number of hydrogen-bond acceptors (Lipinski definition) is 5. The number of benzene rings is 8. The summed E-state index contributed by atoms with van der Waals surface area (Å²) in [5, 5.41) is 2.58. The molecule has 13 rings (SSSR count). The molecule has 1 atom stereocenters. The van der Waals surface area contributed by atoms with E-state index in [4.69, 9.17) is 15.0 Å². The zero-order valence-corrected chi connectivity index (χ0v) is 34.1. The van der Waals surface area contributed by atoms with Crippen molar-refractivity contribution < 1.29 is 0 Å². The summed E-state index contributed by atoms with van der Waals surface area (Å²) in [6, 6.07) is 70.4. The summed E-state index contributed by atoms with van der Waals surface area (Å²) in [5.41, 5.74) is 16.7. The molecule has 2 aliphatic rings. The summed E-state index contributed by atoms with van der Waals surface area (Å²) in [4.78, 5) is 20.0. The summed E-state index contributed by atoms with van der Waals surface area (Å²) in [5.74, 6) is 1.88. The van der Waals surface area contributed by atoms with Crippen LogP contribution in [-0.4, -0.2) is 19.9 Å². The number of pyridine rings is 1. The number of fused-ring (bicyclic) bond motifs is 15. The maximum atomic E-state index is 5.30. The van der Waals surface area contributed by atoms with Crippen molar-refractivity contribution in [2.45, 2.75) is 5.41 Å². The van der Waals surface area contributed by atoms with Gasteiger partial charge in [0.05, 0.1) is 5.41 Å². The Kier molecular flexibility index (Phi) is 7.66. The van der Waals surface area contributed by atoms with E-state index in [1.54, 1.807) is 6.20 Å². The highest BCUT2D eigenvalue weighted by Crippen LogP contribution is 2.62. The molecule has 0 aliphatic heterocycles. The van der Waals surface area contributed by atoms with Gasteiger partial charge in [0.2, 0.25) is 0 Å². The van der Waals surface area contributed by atoms with Gasteiger partial charge < -0.3 is 0 Å². The fraction of sp³-hybridized carbons (Fsp3) is 0.0175. The lowest BCUT2D eigenvalue weighted by Gasteiger charge is -2.35. The third kappa shape index (κ3) is 5.12. The first-order valence-electron chi connectivity index (χ1n) is 20.9. The monoisotopic (exact) mass is 806 g/mol. The molecule has 1 unspecified atom stereocenters. The van der Waals surface area contributed by atoms with Gasteiger partial charge in [-0.15, -0.1) is 11.3 Å². The Morgan fingerprint density at radius 2 is 0.855 bits per heavy atom. The van der Waals surface area contributed by atoms with Crippen LogP contribution in [0.15, 0.2) is 207 Å². The first-order chi connectivity index (χ1) is 30.7. The second-order valence-corrected chi connectivity index (χ2v) is 17.2. The summed E-state index contributed by atoms with van der Waals surface area (Å²) >= 11 is 1.88. The first kappa shape index (κ1) is 34.9. The molecule has 8 aromatic carbocycles. The lowest BCUT2D eigenvalue weighted by molar-refractivity contribution is 0.776. The summed E-state index contributed by atoms with van der Waals surface area (Å²) in [7, 11) is 0. The summed E-state index contributed by atoms with van der Waals surface area (Å²) in [6.07, 6.45) is 3.68. The Balaban J connectivity index is 1.10. The molecule has 2 aliphatic carbocycles. The van der Waals surface area contributed by atoms with E-state index in [9.17, 15) is 0 Å². The van der Waals surface area contributed by atoms with Gasteiger partial charge in [-0.3, -0.25) is 4.98 Å². The van der Waals surface area contributed by atoms with Crippen LogP contribution in [-0.2, 0) is 5.41 Å². The molecule has 0 fully saturated rings. The normalized spacial score (nSPS) is 14.5. The van der Waals surface area contributed by atoms with Gasteiger partial charge in [0.15, 0.2) is 17.5 Å². The molecule has 0 bridgehead atoms. The second kappa shape index (κ2) is 13.6. The maximum absolute atomic E-state index is 5.30. The number of aromatic nitrogens is 4. The average Bonchev–Trinajstić information content (AvgIpc) is 3.83. The fourth-order valence-electron chi connectivity index (χ4n) is 10.1. The third-order valence-electron chi connectivity index (χ3n) is 12.9. The molecule has 3 heterocycles. The molecule has 0 saturated carbocycles. The predicted octanol–water partition coefficient (Wildman–Crippen LogP) is 14.3. The minimum atomic E-state index is -0.662. The van der Waals surface area contributed by atoms with Gasteiger partial charge >= 0.3 is 0 Å². The largest absolute Gasteiger partial charge is 0.264 e. The van der Waals surface area contributed by atoms with E-state index in [1.165, 1.54) is 75.8 Å². The summed E-state index contributed by atoms with van der Waals surface area (Å²) in [6.45, 7) is 0. The van der Waals surface area contributed by atoms with Gasteiger partial charge in [-0.25, -0.2) is 15.0 Å². The van der Waals surface area contributed by atoms with Crippen LogP contribution >= 0.6 is 11.3 Å². The molecule has 0 radical (unpaired) electrons. The molecule has 0 N–H and O–H groups in total. The maximum Gasteiger partial charge on any atom is 0.164 e. The van der Waals surface area contributed by atoms with Crippen LogP contribution in [0.4, 0.5) is 0 Å². The number of rotatable bonds is 4. The fourth-order valence-corrected chi connectivity index (χ4v) is 11.3. The van der Waals surface area contributed by atoms with E-state index in [-0.39, 0.29) is 0 Å². The van der Waals surface area contributed by atoms with Crippen molar-refractivity contribution in [2.24, 2.45) is 0 Å². The van der Waals surface area contributed by atoms with Gasteiger partial charge in [-0.1, -0.05) is 164 Å². The molecule has 62 heavy (non-hydrogen) atoms.